The first-order chi connectivity index (χ1) is 14.5. The van der Waals surface area contributed by atoms with Gasteiger partial charge < -0.3 is 14.5 Å². The normalized spacial score (nSPS) is 10.6. The van der Waals surface area contributed by atoms with E-state index < -0.39 is 17.8 Å². The average molecular weight is 470 g/mol. The summed E-state index contributed by atoms with van der Waals surface area (Å²) in [6, 6.07) is 16.6. The fourth-order valence-corrected chi connectivity index (χ4v) is 2.73. The van der Waals surface area contributed by atoms with Gasteiger partial charge in [-0.2, -0.15) is 5.10 Å². The van der Waals surface area contributed by atoms with Crippen molar-refractivity contribution >= 4 is 39.9 Å². The maximum absolute atomic E-state index is 12.2. The number of hydrogen-bond acceptors (Lipinski definition) is 6. The molecule has 8 nitrogen and oxygen atoms in total. The van der Waals surface area contributed by atoms with Crippen LogP contribution in [0.1, 0.15) is 26.5 Å². The number of hydrazone groups is 1. The second-order valence-electron chi connectivity index (χ2n) is 5.89. The first-order valence-corrected chi connectivity index (χ1v) is 9.52. The van der Waals surface area contributed by atoms with E-state index in [9.17, 15) is 14.4 Å². The summed E-state index contributed by atoms with van der Waals surface area (Å²) >= 11 is 3.31. The number of halogens is 1. The third kappa shape index (κ3) is 5.89. The van der Waals surface area contributed by atoms with Crippen LogP contribution in [0.5, 0.6) is 5.75 Å². The lowest BCUT2D eigenvalue weighted by Gasteiger charge is -2.06. The Morgan fingerprint density at radius 2 is 1.80 bits per heavy atom. The Morgan fingerprint density at radius 1 is 1.03 bits per heavy atom. The molecule has 0 bridgehead atoms. The van der Waals surface area contributed by atoms with Gasteiger partial charge in [-0.15, -0.1) is 0 Å². The molecular formula is C21H16BrN3O5. The number of nitrogens with one attached hydrogen (secondary N) is 2. The van der Waals surface area contributed by atoms with Gasteiger partial charge in [-0.1, -0.05) is 12.1 Å². The molecule has 0 atom stereocenters. The fraction of sp³-hybridized carbons (Fsp3) is 0.0476. The molecule has 0 saturated carbocycles. The molecule has 3 aromatic rings. The minimum atomic E-state index is -0.495. The zero-order valence-corrected chi connectivity index (χ0v) is 17.1. The summed E-state index contributed by atoms with van der Waals surface area (Å²) in [4.78, 5) is 35.6. The summed E-state index contributed by atoms with van der Waals surface area (Å²) in [5, 5.41) is 6.22. The number of furan rings is 1. The first-order valence-electron chi connectivity index (χ1n) is 8.73. The fourth-order valence-electron chi connectivity index (χ4n) is 2.28. The zero-order valence-electron chi connectivity index (χ0n) is 15.5. The second-order valence-corrected chi connectivity index (χ2v) is 6.75. The summed E-state index contributed by atoms with van der Waals surface area (Å²) in [6.07, 6.45) is 2.79. The van der Waals surface area contributed by atoms with Crippen molar-refractivity contribution in [2.24, 2.45) is 5.10 Å². The van der Waals surface area contributed by atoms with Gasteiger partial charge in [0.2, 0.25) is 0 Å². The molecule has 0 unspecified atom stereocenters. The number of amides is 2. The van der Waals surface area contributed by atoms with Crippen LogP contribution in [0.3, 0.4) is 0 Å². The minimum absolute atomic E-state index is 0.117. The molecule has 30 heavy (non-hydrogen) atoms. The van der Waals surface area contributed by atoms with Crippen molar-refractivity contribution in [3.63, 3.8) is 0 Å². The molecule has 0 aliphatic heterocycles. The number of nitrogens with zero attached hydrogens (tertiary/aromatic N) is 1. The molecule has 2 amide bonds. The predicted octanol–water partition coefficient (Wildman–Crippen LogP) is 3.14. The third-order valence-corrected chi connectivity index (χ3v) is 4.43. The molecule has 1 aromatic heterocycles. The Bertz CT molecular complexity index is 1060. The molecule has 0 radical (unpaired) electrons. The molecule has 3 rings (SSSR count). The van der Waals surface area contributed by atoms with Crippen molar-refractivity contribution in [3.05, 3.63) is 88.3 Å². The molecule has 0 fully saturated rings. The second kappa shape index (κ2) is 10.2. The Kier molecular flexibility index (Phi) is 7.12. The number of carbonyl (C=O) groups is 3. The van der Waals surface area contributed by atoms with E-state index in [2.05, 4.69) is 31.8 Å². The molecule has 152 valence electrons. The molecule has 2 aromatic carbocycles. The van der Waals surface area contributed by atoms with Crippen LogP contribution in [-0.2, 0) is 4.79 Å². The van der Waals surface area contributed by atoms with E-state index in [-0.39, 0.29) is 12.3 Å². The average Bonchev–Trinajstić information content (AvgIpc) is 3.28. The van der Waals surface area contributed by atoms with Gasteiger partial charge in [-0.25, -0.2) is 10.2 Å². The highest BCUT2D eigenvalue weighted by Crippen LogP contribution is 2.19. The van der Waals surface area contributed by atoms with Crippen molar-refractivity contribution in [3.8, 4) is 5.75 Å². The van der Waals surface area contributed by atoms with Crippen LogP contribution >= 0.6 is 15.9 Å². The van der Waals surface area contributed by atoms with Gasteiger partial charge in [0.1, 0.15) is 5.75 Å². The highest BCUT2D eigenvalue weighted by molar-refractivity contribution is 9.10. The van der Waals surface area contributed by atoms with Crippen molar-refractivity contribution < 1.29 is 23.5 Å². The smallest absolute Gasteiger partial charge is 0.344 e. The lowest BCUT2D eigenvalue weighted by molar-refractivity contribution is -0.120. The topological polar surface area (TPSA) is 110 Å². The van der Waals surface area contributed by atoms with Crippen LogP contribution in [0.2, 0.25) is 0 Å². The summed E-state index contributed by atoms with van der Waals surface area (Å²) in [5.41, 5.74) is 3.40. The number of hydrogen-bond donors (Lipinski definition) is 2. The highest BCUT2D eigenvalue weighted by Gasteiger charge is 2.12. The monoisotopic (exact) mass is 469 g/mol. The summed E-state index contributed by atoms with van der Waals surface area (Å²) < 4.78 is 10.9. The van der Waals surface area contributed by atoms with E-state index in [1.807, 2.05) is 0 Å². The van der Waals surface area contributed by atoms with E-state index in [0.717, 1.165) is 0 Å². The number of esters is 1. The molecule has 0 aliphatic carbocycles. The van der Waals surface area contributed by atoms with E-state index in [0.29, 0.717) is 21.3 Å². The van der Waals surface area contributed by atoms with Crippen LogP contribution in [-0.4, -0.2) is 30.5 Å². The van der Waals surface area contributed by atoms with Gasteiger partial charge in [0.25, 0.3) is 11.8 Å². The number of carbonyl (C=O) groups excluding carboxylic acids is 3. The van der Waals surface area contributed by atoms with E-state index >= 15 is 0 Å². The third-order valence-electron chi connectivity index (χ3n) is 3.74. The Labute approximate surface area is 180 Å². The number of benzene rings is 2. The van der Waals surface area contributed by atoms with Crippen molar-refractivity contribution in [2.45, 2.75) is 0 Å². The SMILES string of the molecule is O=C(CNC(=O)c1ccco1)N/N=C/c1ccc(OC(=O)c2ccccc2Br)cc1. The highest BCUT2D eigenvalue weighted by atomic mass is 79.9. The van der Waals surface area contributed by atoms with Crippen molar-refractivity contribution in [1.29, 1.82) is 0 Å². The quantitative estimate of drug-likeness (QED) is 0.239. The van der Waals surface area contributed by atoms with Crippen LogP contribution in [0.25, 0.3) is 0 Å². The van der Waals surface area contributed by atoms with Crippen LogP contribution in [0.15, 0.2) is 80.9 Å². The summed E-state index contributed by atoms with van der Waals surface area (Å²) in [7, 11) is 0. The van der Waals surface area contributed by atoms with Crippen molar-refractivity contribution in [1.82, 2.24) is 10.7 Å². The van der Waals surface area contributed by atoms with Crippen LogP contribution in [0, 0.1) is 0 Å². The largest absolute Gasteiger partial charge is 0.459 e. The maximum Gasteiger partial charge on any atom is 0.344 e. The molecule has 0 saturated heterocycles. The van der Waals surface area contributed by atoms with Crippen LogP contribution < -0.4 is 15.5 Å². The molecule has 9 heteroatoms. The Hall–Kier alpha value is -3.72. The lowest BCUT2D eigenvalue weighted by Crippen LogP contribution is -2.34. The van der Waals surface area contributed by atoms with Gasteiger partial charge in [0, 0.05) is 4.47 Å². The molecule has 0 spiro atoms. The van der Waals surface area contributed by atoms with Gasteiger partial charge in [0.05, 0.1) is 24.6 Å². The predicted molar refractivity (Wildman–Crippen MR) is 112 cm³/mol. The van der Waals surface area contributed by atoms with Gasteiger partial charge in [0.15, 0.2) is 5.76 Å². The molecule has 2 N–H and O–H groups in total. The summed E-state index contributed by atoms with van der Waals surface area (Å²) in [6.45, 7) is -0.249. The molecule has 1 heterocycles. The van der Waals surface area contributed by atoms with E-state index in [1.165, 1.54) is 18.5 Å². The van der Waals surface area contributed by atoms with Gasteiger partial charge in [-0.05, 0) is 70.0 Å². The maximum atomic E-state index is 12.2. The summed E-state index contributed by atoms with van der Waals surface area (Å²) in [5.74, 6) is -0.978. The Balaban J connectivity index is 1.46. The number of ether oxygens (including phenoxy) is 1. The first kappa shape index (κ1) is 21.0. The zero-order chi connectivity index (χ0) is 21.3. The molecular weight excluding hydrogens is 454 g/mol. The van der Waals surface area contributed by atoms with E-state index in [4.69, 9.17) is 9.15 Å². The number of rotatable bonds is 7. The van der Waals surface area contributed by atoms with Gasteiger partial charge >= 0.3 is 5.97 Å². The standard InChI is InChI=1S/C21H16BrN3O5/c22-17-5-2-1-4-16(17)21(28)30-15-9-7-14(8-10-15)12-24-25-19(26)13-23-20(27)18-6-3-11-29-18/h1-12H,13H2,(H,23,27)(H,25,26)/b24-12+. The minimum Gasteiger partial charge on any atom is -0.459 e. The van der Waals surface area contributed by atoms with E-state index in [1.54, 1.807) is 54.6 Å². The van der Waals surface area contributed by atoms with Crippen LogP contribution in [0.4, 0.5) is 0 Å². The lowest BCUT2D eigenvalue weighted by atomic mass is 10.2. The van der Waals surface area contributed by atoms with Crippen molar-refractivity contribution in [2.75, 3.05) is 6.54 Å². The van der Waals surface area contributed by atoms with Gasteiger partial charge in [-0.3, -0.25) is 9.59 Å². The molecule has 0 aliphatic rings. The Morgan fingerprint density at radius 3 is 2.50 bits per heavy atom.